The maximum atomic E-state index is 12.2. The number of nitrogens with one attached hydrogen (secondary N) is 2. The van der Waals surface area contributed by atoms with Gasteiger partial charge in [0.15, 0.2) is 0 Å². The number of hydrogen-bond donors (Lipinski definition) is 2. The fraction of sp³-hybridized carbons (Fsp3) is 0.286. The summed E-state index contributed by atoms with van der Waals surface area (Å²) in [5.41, 5.74) is 3.40. The van der Waals surface area contributed by atoms with E-state index in [1.54, 1.807) is 29.2 Å². The van der Waals surface area contributed by atoms with Crippen molar-refractivity contribution in [2.75, 3.05) is 18.0 Å². The summed E-state index contributed by atoms with van der Waals surface area (Å²) in [5, 5.41) is 5.40. The molecule has 140 valence electrons. The van der Waals surface area contributed by atoms with E-state index in [9.17, 15) is 14.4 Å². The minimum atomic E-state index is -0.319. The van der Waals surface area contributed by atoms with E-state index in [-0.39, 0.29) is 24.3 Å². The summed E-state index contributed by atoms with van der Waals surface area (Å²) < 4.78 is 0. The summed E-state index contributed by atoms with van der Waals surface area (Å²) >= 11 is 0. The van der Waals surface area contributed by atoms with E-state index in [1.165, 1.54) is 0 Å². The second-order valence-electron chi connectivity index (χ2n) is 6.64. The van der Waals surface area contributed by atoms with E-state index in [0.717, 1.165) is 23.2 Å². The zero-order chi connectivity index (χ0) is 19.2. The Morgan fingerprint density at radius 2 is 1.85 bits per heavy atom. The number of amides is 3. The molecule has 1 saturated heterocycles. The third-order valence-electron chi connectivity index (χ3n) is 4.50. The molecule has 0 saturated carbocycles. The first-order valence-corrected chi connectivity index (χ1v) is 9.04. The molecule has 2 N–H and O–H groups in total. The molecular formula is C21H23N3O3. The number of aryl methyl sites for hydroxylation is 1. The minimum absolute atomic E-state index is 0.0863. The Labute approximate surface area is 158 Å². The van der Waals surface area contributed by atoms with Crippen molar-refractivity contribution < 1.29 is 14.4 Å². The summed E-state index contributed by atoms with van der Waals surface area (Å²) in [4.78, 5) is 37.6. The van der Waals surface area contributed by atoms with Gasteiger partial charge in [-0.25, -0.2) is 0 Å². The zero-order valence-electron chi connectivity index (χ0n) is 15.3. The Bertz CT molecular complexity index is 846. The molecule has 2 aromatic carbocycles. The van der Waals surface area contributed by atoms with Gasteiger partial charge in [-0.15, -0.1) is 0 Å². The third-order valence-corrected chi connectivity index (χ3v) is 4.50. The van der Waals surface area contributed by atoms with Crippen LogP contribution in [0.2, 0.25) is 0 Å². The predicted molar refractivity (Wildman–Crippen MR) is 103 cm³/mol. The normalized spacial score (nSPS) is 13.5. The molecule has 27 heavy (non-hydrogen) atoms. The molecule has 2 aromatic rings. The average Bonchev–Trinajstić information content (AvgIpc) is 3.10. The topological polar surface area (TPSA) is 78.5 Å². The van der Waals surface area contributed by atoms with Gasteiger partial charge in [-0.1, -0.05) is 29.8 Å². The lowest BCUT2D eigenvalue weighted by atomic mass is 10.1. The Morgan fingerprint density at radius 3 is 2.52 bits per heavy atom. The fourth-order valence-corrected chi connectivity index (χ4v) is 3.06. The minimum Gasteiger partial charge on any atom is -0.350 e. The lowest BCUT2D eigenvalue weighted by Crippen LogP contribution is -2.36. The predicted octanol–water partition coefficient (Wildman–Crippen LogP) is 2.17. The van der Waals surface area contributed by atoms with Crippen molar-refractivity contribution >= 4 is 23.4 Å². The van der Waals surface area contributed by atoms with Gasteiger partial charge in [0.25, 0.3) is 5.91 Å². The summed E-state index contributed by atoms with van der Waals surface area (Å²) in [6, 6.07) is 14.7. The summed E-state index contributed by atoms with van der Waals surface area (Å²) in [6.45, 7) is 3.05. The highest BCUT2D eigenvalue weighted by Crippen LogP contribution is 2.21. The number of benzene rings is 2. The van der Waals surface area contributed by atoms with Gasteiger partial charge in [-0.05, 0) is 43.2 Å². The van der Waals surface area contributed by atoms with Crippen molar-refractivity contribution in [3.8, 4) is 0 Å². The highest BCUT2D eigenvalue weighted by atomic mass is 16.2. The number of hydrogen-bond acceptors (Lipinski definition) is 3. The summed E-state index contributed by atoms with van der Waals surface area (Å²) in [5.74, 6) is -0.457. The first kappa shape index (κ1) is 18.6. The Hall–Kier alpha value is -3.15. The van der Waals surface area contributed by atoms with Crippen molar-refractivity contribution in [3.63, 3.8) is 0 Å². The Morgan fingerprint density at radius 1 is 1.07 bits per heavy atom. The number of rotatable bonds is 6. The number of nitrogens with zero attached hydrogens (tertiary/aromatic N) is 1. The lowest BCUT2D eigenvalue weighted by molar-refractivity contribution is -0.120. The molecule has 1 aliphatic rings. The van der Waals surface area contributed by atoms with Crippen molar-refractivity contribution in [2.24, 2.45) is 0 Å². The number of carbonyl (C=O) groups is 3. The second-order valence-corrected chi connectivity index (χ2v) is 6.64. The van der Waals surface area contributed by atoms with Crippen molar-refractivity contribution in [1.82, 2.24) is 10.6 Å². The van der Waals surface area contributed by atoms with Crippen LogP contribution in [0.4, 0.5) is 5.69 Å². The number of carbonyl (C=O) groups excluding carboxylic acids is 3. The molecule has 6 nitrogen and oxygen atoms in total. The Kier molecular flexibility index (Phi) is 5.86. The zero-order valence-corrected chi connectivity index (χ0v) is 15.3. The maximum Gasteiger partial charge on any atom is 0.251 e. The molecule has 0 unspecified atom stereocenters. The van der Waals surface area contributed by atoms with Crippen LogP contribution in [0.25, 0.3) is 0 Å². The molecule has 1 fully saturated rings. The first-order valence-electron chi connectivity index (χ1n) is 9.04. The molecule has 3 amide bonds. The van der Waals surface area contributed by atoms with Gasteiger partial charge in [-0.2, -0.15) is 0 Å². The molecule has 0 atom stereocenters. The van der Waals surface area contributed by atoms with E-state index in [2.05, 4.69) is 10.6 Å². The van der Waals surface area contributed by atoms with Crippen LogP contribution in [0.1, 0.15) is 34.3 Å². The fourth-order valence-electron chi connectivity index (χ4n) is 3.06. The van der Waals surface area contributed by atoms with Crippen molar-refractivity contribution in [1.29, 1.82) is 0 Å². The average molecular weight is 365 g/mol. The maximum absolute atomic E-state index is 12.2. The van der Waals surface area contributed by atoms with Crippen LogP contribution in [-0.4, -0.2) is 30.8 Å². The van der Waals surface area contributed by atoms with Gasteiger partial charge >= 0.3 is 0 Å². The third kappa shape index (κ3) is 4.94. The quantitative estimate of drug-likeness (QED) is 0.823. The summed E-state index contributed by atoms with van der Waals surface area (Å²) in [7, 11) is 0. The molecule has 3 rings (SSSR count). The van der Waals surface area contributed by atoms with E-state index in [1.807, 2.05) is 31.2 Å². The van der Waals surface area contributed by atoms with Gasteiger partial charge in [0.1, 0.15) is 0 Å². The Balaban J connectivity index is 1.47. The summed E-state index contributed by atoms with van der Waals surface area (Å²) in [6.07, 6.45) is 1.43. The molecular weight excluding hydrogens is 342 g/mol. The van der Waals surface area contributed by atoms with Crippen LogP contribution >= 0.6 is 0 Å². The van der Waals surface area contributed by atoms with Crippen LogP contribution in [0, 0.1) is 6.92 Å². The van der Waals surface area contributed by atoms with Crippen molar-refractivity contribution in [3.05, 3.63) is 65.2 Å². The van der Waals surface area contributed by atoms with Gasteiger partial charge in [0, 0.05) is 30.8 Å². The van der Waals surface area contributed by atoms with Gasteiger partial charge in [-0.3, -0.25) is 14.4 Å². The second kappa shape index (κ2) is 8.49. The van der Waals surface area contributed by atoms with E-state index in [4.69, 9.17) is 0 Å². The van der Waals surface area contributed by atoms with Crippen LogP contribution < -0.4 is 15.5 Å². The van der Waals surface area contributed by atoms with Crippen LogP contribution in [0.15, 0.2) is 48.5 Å². The highest BCUT2D eigenvalue weighted by Gasteiger charge is 2.21. The van der Waals surface area contributed by atoms with Crippen LogP contribution in [-0.2, 0) is 16.1 Å². The molecule has 0 spiro atoms. The SMILES string of the molecule is Cc1cccc(CNC(=O)CNC(=O)c2ccc(N3CCCC3=O)cc2)c1. The molecule has 0 aromatic heterocycles. The van der Waals surface area contributed by atoms with Crippen LogP contribution in [0.5, 0.6) is 0 Å². The molecule has 6 heteroatoms. The van der Waals surface area contributed by atoms with Crippen LogP contribution in [0.3, 0.4) is 0 Å². The molecule has 0 aliphatic carbocycles. The van der Waals surface area contributed by atoms with Gasteiger partial charge in [0.2, 0.25) is 11.8 Å². The molecule has 0 bridgehead atoms. The lowest BCUT2D eigenvalue weighted by Gasteiger charge is -2.15. The first-order chi connectivity index (χ1) is 13.0. The van der Waals surface area contributed by atoms with Gasteiger partial charge in [0.05, 0.1) is 6.54 Å². The van der Waals surface area contributed by atoms with Gasteiger partial charge < -0.3 is 15.5 Å². The van der Waals surface area contributed by atoms with Crippen molar-refractivity contribution in [2.45, 2.75) is 26.3 Å². The monoisotopic (exact) mass is 365 g/mol. The standard InChI is InChI=1S/C21H23N3O3/c1-15-4-2-5-16(12-15)13-22-19(25)14-23-21(27)17-7-9-18(10-8-17)24-11-3-6-20(24)26/h2,4-5,7-10,12H,3,6,11,13-14H2,1H3,(H,22,25)(H,23,27). The smallest absolute Gasteiger partial charge is 0.251 e. The largest absolute Gasteiger partial charge is 0.350 e. The molecule has 0 radical (unpaired) electrons. The van der Waals surface area contributed by atoms with E-state index < -0.39 is 0 Å². The highest BCUT2D eigenvalue weighted by molar-refractivity contribution is 5.98. The molecule has 1 heterocycles. The number of anilines is 1. The molecule has 1 aliphatic heterocycles. The van der Waals surface area contributed by atoms with E-state index >= 15 is 0 Å². The van der Waals surface area contributed by atoms with E-state index in [0.29, 0.717) is 25.1 Å².